The number of rotatable bonds is 4. The number of hydrogen-bond acceptors (Lipinski definition) is 1. The third-order valence-corrected chi connectivity index (χ3v) is 2.48. The molecule has 2 heteroatoms. The van der Waals surface area contributed by atoms with Gasteiger partial charge in [-0.2, -0.15) is 0 Å². The van der Waals surface area contributed by atoms with E-state index in [1.807, 2.05) is 24.3 Å². The smallest absolute Gasteiger partial charge is 0.0578 e. The molecule has 0 saturated carbocycles. The molecule has 0 aliphatic carbocycles. The van der Waals surface area contributed by atoms with Crippen molar-refractivity contribution >= 4 is 11.6 Å². The third kappa shape index (κ3) is 4.38. The minimum atomic E-state index is 0.0141. The Morgan fingerprint density at radius 1 is 1.33 bits per heavy atom. The van der Waals surface area contributed by atoms with Crippen LogP contribution in [0.4, 0.5) is 0 Å². The summed E-state index contributed by atoms with van der Waals surface area (Å²) >= 11 is 5.82. The van der Waals surface area contributed by atoms with Crippen molar-refractivity contribution in [2.75, 3.05) is 6.54 Å². The maximum absolute atomic E-state index is 5.82. The number of benzene rings is 1. The molecule has 0 bridgehead atoms. The van der Waals surface area contributed by atoms with Gasteiger partial charge in [0.2, 0.25) is 0 Å². The molecule has 0 aliphatic heterocycles. The largest absolute Gasteiger partial charge is 0.301 e. The number of terminal acetylenes is 1. The van der Waals surface area contributed by atoms with Gasteiger partial charge in [-0.15, -0.1) is 6.42 Å². The molecular weight excluding hydrogens is 206 g/mol. The Kier molecular flexibility index (Phi) is 4.20. The van der Waals surface area contributed by atoms with Crippen LogP contribution in [0.5, 0.6) is 0 Å². The Morgan fingerprint density at radius 2 is 1.93 bits per heavy atom. The van der Waals surface area contributed by atoms with Gasteiger partial charge < -0.3 is 5.32 Å². The fourth-order valence-corrected chi connectivity index (χ4v) is 1.59. The van der Waals surface area contributed by atoms with E-state index in [0.717, 1.165) is 11.4 Å². The van der Waals surface area contributed by atoms with E-state index in [0.29, 0.717) is 6.54 Å². The van der Waals surface area contributed by atoms with Gasteiger partial charge in [-0.1, -0.05) is 29.7 Å². The third-order valence-electron chi connectivity index (χ3n) is 2.23. The first kappa shape index (κ1) is 12.1. The first-order valence-corrected chi connectivity index (χ1v) is 5.34. The van der Waals surface area contributed by atoms with Gasteiger partial charge in [-0.3, -0.25) is 0 Å². The Hall–Kier alpha value is -0.970. The van der Waals surface area contributed by atoms with E-state index in [4.69, 9.17) is 18.0 Å². The molecule has 0 fully saturated rings. The summed E-state index contributed by atoms with van der Waals surface area (Å²) in [7, 11) is 0. The molecule has 1 rings (SSSR count). The minimum absolute atomic E-state index is 0.0141. The van der Waals surface area contributed by atoms with Gasteiger partial charge in [-0.25, -0.2) is 0 Å². The summed E-state index contributed by atoms with van der Waals surface area (Å²) in [6.07, 6.45) is 6.16. The van der Waals surface area contributed by atoms with Crippen LogP contribution in [0.2, 0.25) is 5.02 Å². The summed E-state index contributed by atoms with van der Waals surface area (Å²) in [6.45, 7) is 4.87. The maximum atomic E-state index is 5.82. The normalized spacial score (nSPS) is 11.1. The zero-order valence-corrected chi connectivity index (χ0v) is 9.93. The van der Waals surface area contributed by atoms with Gasteiger partial charge in [0, 0.05) is 10.6 Å². The second-order valence-corrected chi connectivity index (χ2v) is 4.68. The van der Waals surface area contributed by atoms with Crippen LogP contribution < -0.4 is 5.32 Å². The quantitative estimate of drug-likeness (QED) is 0.771. The highest BCUT2D eigenvalue weighted by atomic mass is 35.5. The Labute approximate surface area is 96.8 Å². The molecule has 15 heavy (non-hydrogen) atoms. The number of nitrogens with one attached hydrogen (secondary N) is 1. The molecular formula is C13H16ClN. The van der Waals surface area contributed by atoms with E-state index < -0.39 is 0 Å². The summed E-state index contributed by atoms with van der Waals surface area (Å²) in [4.78, 5) is 0. The van der Waals surface area contributed by atoms with Crippen LogP contribution in [0.15, 0.2) is 24.3 Å². The molecule has 0 heterocycles. The van der Waals surface area contributed by atoms with Gasteiger partial charge in [0.25, 0.3) is 0 Å². The van der Waals surface area contributed by atoms with Crippen molar-refractivity contribution in [3.63, 3.8) is 0 Å². The molecule has 0 atom stereocenters. The zero-order chi connectivity index (χ0) is 11.3. The molecule has 0 spiro atoms. The van der Waals surface area contributed by atoms with Crippen molar-refractivity contribution in [1.82, 2.24) is 5.32 Å². The van der Waals surface area contributed by atoms with Crippen LogP contribution in [-0.2, 0) is 6.42 Å². The molecule has 0 aromatic heterocycles. The van der Waals surface area contributed by atoms with E-state index in [1.54, 1.807) is 0 Å². The van der Waals surface area contributed by atoms with E-state index in [-0.39, 0.29) is 5.54 Å². The SMILES string of the molecule is C#CCNC(C)(C)Cc1ccc(Cl)cc1. The summed E-state index contributed by atoms with van der Waals surface area (Å²) in [5.41, 5.74) is 1.27. The van der Waals surface area contributed by atoms with Crippen molar-refractivity contribution in [1.29, 1.82) is 0 Å². The first-order chi connectivity index (χ1) is 7.03. The highest BCUT2D eigenvalue weighted by molar-refractivity contribution is 6.30. The standard InChI is InChI=1S/C13H16ClN/c1-4-9-15-13(2,3)10-11-5-7-12(14)8-6-11/h1,5-8,15H,9-10H2,2-3H3. The highest BCUT2D eigenvalue weighted by Gasteiger charge is 2.16. The molecule has 1 N–H and O–H groups in total. The Morgan fingerprint density at radius 3 is 2.47 bits per heavy atom. The average Bonchev–Trinajstić information content (AvgIpc) is 2.18. The van der Waals surface area contributed by atoms with Gasteiger partial charge in [0.05, 0.1) is 6.54 Å². The first-order valence-electron chi connectivity index (χ1n) is 4.96. The van der Waals surface area contributed by atoms with Crippen LogP contribution in [0.3, 0.4) is 0 Å². The molecule has 1 aromatic carbocycles. The molecule has 80 valence electrons. The highest BCUT2D eigenvalue weighted by Crippen LogP contribution is 2.15. The lowest BCUT2D eigenvalue weighted by molar-refractivity contribution is 0.408. The van der Waals surface area contributed by atoms with Gasteiger partial charge >= 0.3 is 0 Å². The molecule has 0 amide bonds. The van der Waals surface area contributed by atoms with Crippen LogP contribution in [0.25, 0.3) is 0 Å². The second kappa shape index (κ2) is 5.21. The van der Waals surface area contributed by atoms with Gasteiger partial charge in [0.15, 0.2) is 0 Å². The molecule has 0 radical (unpaired) electrons. The van der Waals surface area contributed by atoms with Crippen LogP contribution >= 0.6 is 11.6 Å². The van der Waals surface area contributed by atoms with Crippen molar-refractivity contribution < 1.29 is 0 Å². The fraction of sp³-hybridized carbons (Fsp3) is 0.385. The summed E-state index contributed by atoms with van der Waals surface area (Å²) < 4.78 is 0. The van der Waals surface area contributed by atoms with E-state index in [2.05, 4.69) is 25.1 Å². The average molecular weight is 222 g/mol. The monoisotopic (exact) mass is 221 g/mol. The number of hydrogen-bond donors (Lipinski definition) is 1. The second-order valence-electron chi connectivity index (χ2n) is 4.24. The predicted molar refractivity (Wildman–Crippen MR) is 66.1 cm³/mol. The van der Waals surface area contributed by atoms with Gasteiger partial charge in [-0.05, 0) is 38.0 Å². The van der Waals surface area contributed by atoms with Crippen LogP contribution in [-0.4, -0.2) is 12.1 Å². The van der Waals surface area contributed by atoms with Crippen molar-refractivity contribution in [2.45, 2.75) is 25.8 Å². The van der Waals surface area contributed by atoms with E-state index in [9.17, 15) is 0 Å². The summed E-state index contributed by atoms with van der Waals surface area (Å²) in [5.74, 6) is 2.59. The van der Waals surface area contributed by atoms with Crippen molar-refractivity contribution in [3.05, 3.63) is 34.9 Å². The maximum Gasteiger partial charge on any atom is 0.0578 e. The molecule has 1 nitrogen and oxygen atoms in total. The number of halogens is 1. The van der Waals surface area contributed by atoms with Gasteiger partial charge in [0.1, 0.15) is 0 Å². The predicted octanol–water partition coefficient (Wildman–Crippen LogP) is 2.88. The summed E-state index contributed by atoms with van der Waals surface area (Å²) in [6, 6.07) is 7.91. The Bertz CT molecular complexity index is 346. The van der Waals surface area contributed by atoms with Crippen LogP contribution in [0.1, 0.15) is 19.4 Å². The topological polar surface area (TPSA) is 12.0 Å². The van der Waals surface area contributed by atoms with E-state index in [1.165, 1.54) is 5.56 Å². The van der Waals surface area contributed by atoms with Crippen LogP contribution in [0, 0.1) is 12.3 Å². The fourth-order valence-electron chi connectivity index (χ4n) is 1.47. The lowest BCUT2D eigenvalue weighted by atomic mass is 9.95. The Balaban J connectivity index is 2.61. The molecule has 0 unspecified atom stereocenters. The molecule has 1 aromatic rings. The van der Waals surface area contributed by atoms with Crippen molar-refractivity contribution in [3.8, 4) is 12.3 Å². The van der Waals surface area contributed by atoms with Crippen molar-refractivity contribution in [2.24, 2.45) is 0 Å². The van der Waals surface area contributed by atoms with E-state index >= 15 is 0 Å². The molecule has 0 saturated heterocycles. The molecule has 0 aliphatic rings. The minimum Gasteiger partial charge on any atom is -0.301 e. The zero-order valence-electron chi connectivity index (χ0n) is 9.18. The summed E-state index contributed by atoms with van der Waals surface area (Å²) in [5, 5.41) is 4.07. The lowest BCUT2D eigenvalue weighted by Gasteiger charge is -2.25. The lowest BCUT2D eigenvalue weighted by Crippen LogP contribution is -2.41.